The normalized spacial score (nSPS) is 10.8. The van der Waals surface area contributed by atoms with E-state index < -0.39 is 11.5 Å². The van der Waals surface area contributed by atoms with Gasteiger partial charge in [-0.05, 0) is 19.1 Å². The third-order valence-corrected chi connectivity index (χ3v) is 4.86. The number of rotatable bonds is 7. The Hall–Kier alpha value is -4.20. The maximum Gasteiger partial charge on any atom is 0.349 e. The van der Waals surface area contributed by atoms with Crippen LogP contribution in [0.4, 0.5) is 0 Å². The smallest absolute Gasteiger partial charge is 0.349 e. The average molecular weight is 431 g/mol. The molecule has 0 aliphatic rings. The van der Waals surface area contributed by atoms with Gasteiger partial charge in [0.05, 0.1) is 18.6 Å². The molecule has 8 heteroatoms. The fourth-order valence-corrected chi connectivity index (χ4v) is 3.29. The molecule has 32 heavy (non-hydrogen) atoms. The first-order valence-corrected chi connectivity index (χ1v) is 10.2. The van der Waals surface area contributed by atoms with Crippen LogP contribution in [0.5, 0.6) is 5.75 Å². The SMILES string of the molecule is CCOc1cccc2cc(C(=O)NCCn3cnc(-c4ccccc4)cc3=O)c(=O)oc12. The van der Waals surface area contributed by atoms with Crippen molar-refractivity contribution in [2.24, 2.45) is 0 Å². The van der Waals surface area contributed by atoms with Gasteiger partial charge < -0.3 is 14.5 Å². The molecule has 1 amide bonds. The summed E-state index contributed by atoms with van der Waals surface area (Å²) in [7, 11) is 0. The summed E-state index contributed by atoms with van der Waals surface area (Å²) in [5.74, 6) is -0.135. The molecule has 1 N–H and O–H groups in total. The fraction of sp³-hybridized carbons (Fsp3) is 0.167. The van der Waals surface area contributed by atoms with E-state index in [0.717, 1.165) is 5.56 Å². The third kappa shape index (κ3) is 4.44. The number of nitrogens with one attached hydrogen (secondary N) is 1. The summed E-state index contributed by atoms with van der Waals surface area (Å²) in [5.41, 5.74) is 0.620. The molecule has 2 aromatic carbocycles. The lowest BCUT2D eigenvalue weighted by molar-refractivity contribution is 0.0948. The van der Waals surface area contributed by atoms with Crippen LogP contribution < -0.4 is 21.2 Å². The predicted octanol–water partition coefficient (Wildman–Crippen LogP) is 2.85. The van der Waals surface area contributed by atoms with Crippen LogP contribution in [0.3, 0.4) is 0 Å². The van der Waals surface area contributed by atoms with Crippen molar-refractivity contribution in [2.45, 2.75) is 13.5 Å². The number of nitrogens with zero attached hydrogens (tertiary/aromatic N) is 2. The number of para-hydroxylation sites is 1. The summed E-state index contributed by atoms with van der Waals surface area (Å²) in [6.45, 7) is 2.60. The summed E-state index contributed by atoms with van der Waals surface area (Å²) in [4.78, 5) is 41.6. The Bertz CT molecular complexity index is 1380. The molecule has 0 saturated heterocycles. The molecule has 0 aliphatic heterocycles. The second-order valence-corrected chi connectivity index (χ2v) is 6.98. The van der Waals surface area contributed by atoms with Gasteiger partial charge in [-0.15, -0.1) is 0 Å². The minimum Gasteiger partial charge on any atom is -0.490 e. The van der Waals surface area contributed by atoms with Crippen LogP contribution in [-0.2, 0) is 6.54 Å². The zero-order valence-electron chi connectivity index (χ0n) is 17.4. The molecule has 0 spiro atoms. The average Bonchev–Trinajstić information content (AvgIpc) is 2.81. The lowest BCUT2D eigenvalue weighted by Gasteiger charge is -2.09. The monoisotopic (exact) mass is 431 g/mol. The highest BCUT2D eigenvalue weighted by molar-refractivity contribution is 5.97. The molecule has 0 fully saturated rings. The van der Waals surface area contributed by atoms with Gasteiger partial charge in [-0.2, -0.15) is 0 Å². The highest BCUT2D eigenvalue weighted by Crippen LogP contribution is 2.24. The number of hydrogen-bond donors (Lipinski definition) is 1. The lowest BCUT2D eigenvalue weighted by Crippen LogP contribution is -2.33. The molecule has 162 valence electrons. The first-order valence-electron chi connectivity index (χ1n) is 10.2. The fourth-order valence-electron chi connectivity index (χ4n) is 3.29. The minimum atomic E-state index is -0.756. The molecule has 0 aliphatic carbocycles. The summed E-state index contributed by atoms with van der Waals surface area (Å²) in [6.07, 6.45) is 1.44. The summed E-state index contributed by atoms with van der Waals surface area (Å²) >= 11 is 0. The van der Waals surface area contributed by atoms with Crippen LogP contribution in [-0.4, -0.2) is 28.6 Å². The van der Waals surface area contributed by atoms with E-state index in [4.69, 9.17) is 9.15 Å². The van der Waals surface area contributed by atoms with E-state index in [9.17, 15) is 14.4 Å². The van der Waals surface area contributed by atoms with Crippen LogP contribution in [0.2, 0.25) is 0 Å². The predicted molar refractivity (Wildman–Crippen MR) is 120 cm³/mol. The van der Waals surface area contributed by atoms with Crippen molar-refractivity contribution < 1.29 is 13.9 Å². The van der Waals surface area contributed by atoms with Crippen molar-refractivity contribution in [2.75, 3.05) is 13.2 Å². The number of carbonyl (C=O) groups excluding carboxylic acids is 1. The van der Waals surface area contributed by atoms with Crippen molar-refractivity contribution in [1.82, 2.24) is 14.9 Å². The standard InChI is InChI=1S/C24H21N3O5/c1-2-31-20-10-6-9-17-13-18(24(30)32-22(17)20)23(29)25-11-12-27-15-26-19(14-21(27)28)16-7-4-3-5-8-16/h3-10,13-15H,2,11-12H2,1H3,(H,25,29). The second-order valence-electron chi connectivity index (χ2n) is 6.98. The number of amides is 1. The molecule has 0 saturated carbocycles. The molecule has 0 atom stereocenters. The van der Waals surface area contributed by atoms with Crippen molar-refractivity contribution in [3.63, 3.8) is 0 Å². The molecule has 8 nitrogen and oxygen atoms in total. The van der Waals surface area contributed by atoms with Gasteiger partial charge in [-0.3, -0.25) is 14.2 Å². The maximum absolute atomic E-state index is 12.5. The molecule has 0 unspecified atom stereocenters. The van der Waals surface area contributed by atoms with Crippen LogP contribution in [0.1, 0.15) is 17.3 Å². The molecule has 0 radical (unpaired) electrons. The molecular formula is C24H21N3O5. The molecule has 4 aromatic rings. The molecule has 4 rings (SSSR count). The topological polar surface area (TPSA) is 103 Å². The van der Waals surface area contributed by atoms with Crippen LogP contribution in [0.15, 0.2) is 81.0 Å². The van der Waals surface area contributed by atoms with Crippen LogP contribution in [0, 0.1) is 0 Å². The van der Waals surface area contributed by atoms with Gasteiger partial charge >= 0.3 is 5.63 Å². The van der Waals surface area contributed by atoms with Gasteiger partial charge in [0, 0.05) is 30.1 Å². The summed E-state index contributed by atoms with van der Waals surface area (Å²) < 4.78 is 12.2. The summed E-state index contributed by atoms with van der Waals surface area (Å²) in [5, 5.41) is 3.23. The van der Waals surface area contributed by atoms with Crippen molar-refractivity contribution >= 4 is 16.9 Å². The van der Waals surface area contributed by atoms with E-state index in [2.05, 4.69) is 10.3 Å². The number of ether oxygens (including phenoxy) is 1. The van der Waals surface area contributed by atoms with Crippen LogP contribution >= 0.6 is 0 Å². The highest BCUT2D eigenvalue weighted by atomic mass is 16.5. The van der Waals surface area contributed by atoms with Gasteiger partial charge in [0.15, 0.2) is 11.3 Å². The number of carbonyl (C=O) groups is 1. The lowest BCUT2D eigenvalue weighted by atomic mass is 10.1. The minimum absolute atomic E-state index is 0.115. The third-order valence-electron chi connectivity index (χ3n) is 4.86. The largest absolute Gasteiger partial charge is 0.490 e. The van der Waals surface area contributed by atoms with Gasteiger partial charge in [0.25, 0.3) is 11.5 Å². The van der Waals surface area contributed by atoms with Crippen molar-refractivity contribution in [3.8, 4) is 17.0 Å². The molecule has 2 heterocycles. The number of aromatic nitrogens is 2. The first-order chi connectivity index (χ1) is 15.6. The van der Waals surface area contributed by atoms with Crippen LogP contribution in [0.25, 0.3) is 22.2 Å². The van der Waals surface area contributed by atoms with E-state index in [1.165, 1.54) is 23.0 Å². The van der Waals surface area contributed by atoms with Gasteiger partial charge in [-0.25, -0.2) is 9.78 Å². The number of fused-ring (bicyclic) bond motifs is 1. The van der Waals surface area contributed by atoms with Gasteiger partial charge in [0.1, 0.15) is 5.56 Å². The van der Waals surface area contributed by atoms with Gasteiger partial charge in [0.2, 0.25) is 0 Å². The van der Waals surface area contributed by atoms with E-state index >= 15 is 0 Å². The Balaban J connectivity index is 1.45. The Kier molecular flexibility index (Phi) is 6.12. The van der Waals surface area contributed by atoms with Crippen molar-refractivity contribution in [1.29, 1.82) is 0 Å². The van der Waals surface area contributed by atoms with E-state index in [-0.39, 0.29) is 24.2 Å². The molecule has 2 aromatic heterocycles. The zero-order chi connectivity index (χ0) is 22.5. The number of hydrogen-bond acceptors (Lipinski definition) is 6. The summed E-state index contributed by atoms with van der Waals surface area (Å²) in [6, 6.07) is 17.5. The quantitative estimate of drug-likeness (QED) is 0.452. The Morgan fingerprint density at radius 3 is 2.66 bits per heavy atom. The zero-order valence-corrected chi connectivity index (χ0v) is 17.4. The maximum atomic E-state index is 12.5. The Morgan fingerprint density at radius 2 is 1.91 bits per heavy atom. The highest BCUT2D eigenvalue weighted by Gasteiger charge is 2.15. The Morgan fingerprint density at radius 1 is 1.09 bits per heavy atom. The van der Waals surface area contributed by atoms with Crippen molar-refractivity contribution in [3.05, 3.63) is 93.3 Å². The van der Waals surface area contributed by atoms with Gasteiger partial charge in [-0.1, -0.05) is 42.5 Å². The Labute approximate surface area is 183 Å². The second kappa shape index (κ2) is 9.30. The first kappa shape index (κ1) is 21.0. The molecular weight excluding hydrogens is 410 g/mol. The van der Waals surface area contributed by atoms with E-state index in [1.807, 2.05) is 37.3 Å². The number of benzene rings is 2. The van der Waals surface area contributed by atoms with E-state index in [1.54, 1.807) is 18.2 Å². The van der Waals surface area contributed by atoms with E-state index in [0.29, 0.717) is 29.0 Å². The molecule has 0 bridgehead atoms.